The van der Waals surface area contributed by atoms with Gasteiger partial charge in [0.2, 0.25) is 0 Å². The smallest absolute Gasteiger partial charge is 0.168 e. The Morgan fingerprint density at radius 2 is 1.86 bits per heavy atom. The van der Waals surface area contributed by atoms with E-state index in [9.17, 15) is 5.11 Å². The quantitative estimate of drug-likeness (QED) is 0.710. The Hall–Kier alpha value is -1.98. The Bertz CT molecular complexity index is 743. The maximum Gasteiger partial charge on any atom is 0.168 e. The van der Waals surface area contributed by atoms with Gasteiger partial charge in [0.15, 0.2) is 5.16 Å². The van der Waals surface area contributed by atoms with E-state index in [4.69, 9.17) is 4.74 Å². The van der Waals surface area contributed by atoms with Gasteiger partial charge in [-0.15, -0.1) is 0 Å². The third-order valence-corrected chi connectivity index (χ3v) is 4.51. The highest BCUT2D eigenvalue weighted by Crippen LogP contribution is 2.23. The van der Waals surface area contributed by atoms with E-state index in [1.165, 1.54) is 11.8 Å². The molecular weight excluding hydrogens is 296 g/mol. The number of ether oxygens (including phenoxy) is 1. The zero-order valence-electron chi connectivity index (χ0n) is 12.3. The van der Waals surface area contributed by atoms with Gasteiger partial charge in [-0.1, -0.05) is 42.1 Å². The molecule has 22 heavy (non-hydrogen) atoms. The Morgan fingerprint density at radius 1 is 1.14 bits per heavy atom. The molecule has 5 heteroatoms. The Balaban J connectivity index is 1.56. The molecular formula is C17H18N2O2S. The highest BCUT2D eigenvalue weighted by Gasteiger charge is 2.11. The number of fused-ring (bicyclic) bond motifs is 1. The minimum atomic E-state index is -0.537. The number of hydrogen-bond donors (Lipinski definition) is 1. The number of nitrogens with zero attached hydrogens (tertiary/aromatic N) is 2. The number of imidazole rings is 1. The van der Waals surface area contributed by atoms with E-state index in [2.05, 4.69) is 4.98 Å². The molecule has 1 atom stereocenters. The fourth-order valence-corrected chi connectivity index (χ4v) is 3.07. The Labute approximate surface area is 133 Å². The van der Waals surface area contributed by atoms with Gasteiger partial charge >= 0.3 is 0 Å². The van der Waals surface area contributed by atoms with Crippen LogP contribution in [0.1, 0.15) is 0 Å². The number of para-hydroxylation sites is 3. The number of benzene rings is 2. The summed E-state index contributed by atoms with van der Waals surface area (Å²) in [6, 6.07) is 17.5. The van der Waals surface area contributed by atoms with Crippen molar-refractivity contribution in [2.75, 3.05) is 12.4 Å². The molecule has 0 saturated heterocycles. The van der Waals surface area contributed by atoms with Crippen LogP contribution in [0.5, 0.6) is 5.75 Å². The first kappa shape index (κ1) is 14.9. The summed E-state index contributed by atoms with van der Waals surface area (Å²) >= 11 is 1.54. The van der Waals surface area contributed by atoms with Crippen molar-refractivity contribution in [1.29, 1.82) is 0 Å². The summed E-state index contributed by atoms with van der Waals surface area (Å²) in [7, 11) is 1.99. The van der Waals surface area contributed by atoms with Gasteiger partial charge in [0.25, 0.3) is 0 Å². The van der Waals surface area contributed by atoms with Crippen LogP contribution in [-0.4, -0.2) is 33.1 Å². The molecule has 3 rings (SSSR count). The lowest BCUT2D eigenvalue weighted by molar-refractivity contribution is 0.126. The summed E-state index contributed by atoms with van der Waals surface area (Å²) in [5, 5.41) is 11.0. The van der Waals surface area contributed by atoms with Gasteiger partial charge in [0.1, 0.15) is 12.4 Å². The third-order valence-electron chi connectivity index (χ3n) is 3.34. The summed E-state index contributed by atoms with van der Waals surface area (Å²) < 4.78 is 7.60. The molecule has 0 spiro atoms. The molecule has 0 unspecified atom stereocenters. The number of aromatic nitrogens is 2. The fraction of sp³-hybridized carbons (Fsp3) is 0.235. The second-order valence-corrected chi connectivity index (χ2v) is 6.02. The number of hydrogen-bond acceptors (Lipinski definition) is 4. The van der Waals surface area contributed by atoms with Crippen molar-refractivity contribution < 1.29 is 9.84 Å². The van der Waals surface area contributed by atoms with Gasteiger partial charge in [0.05, 0.1) is 17.1 Å². The molecule has 0 aliphatic carbocycles. The molecule has 0 fully saturated rings. The molecule has 0 bridgehead atoms. The minimum Gasteiger partial charge on any atom is -0.491 e. The SMILES string of the molecule is Cn1c(SC[C@H](O)COc2ccccc2)nc2ccccc21. The summed E-state index contributed by atoms with van der Waals surface area (Å²) in [5.74, 6) is 1.32. The highest BCUT2D eigenvalue weighted by molar-refractivity contribution is 7.99. The van der Waals surface area contributed by atoms with Crippen LogP contribution in [0.25, 0.3) is 11.0 Å². The first-order chi connectivity index (χ1) is 10.7. The van der Waals surface area contributed by atoms with Gasteiger partial charge < -0.3 is 14.4 Å². The van der Waals surface area contributed by atoms with Crippen LogP contribution in [0.3, 0.4) is 0 Å². The van der Waals surface area contributed by atoms with E-state index in [1.54, 1.807) is 0 Å². The number of aliphatic hydroxyl groups is 1. The Kier molecular flexibility index (Phi) is 4.65. The van der Waals surface area contributed by atoms with Crippen LogP contribution in [0.4, 0.5) is 0 Å². The molecule has 1 aromatic heterocycles. The van der Waals surface area contributed by atoms with Crippen molar-refractivity contribution in [2.45, 2.75) is 11.3 Å². The first-order valence-corrected chi connectivity index (χ1v) is 8.13. The van der Waals surface area contributed by atoms with Crippen molar-refractivity contribution in [3.05, 3.63) is 54.6 Å². The molecule has 1 N–H and O–H groups in total. The lowest BCUT2D eigenvalue weighted by Crippen LogP contribution is -2.20. The maximum atomic E-state index is 10.1. The molecule has 0 aliphatic rings. The Morgan fingerprint density at radius 3 is 2.64 bits per heavy atom. The van der Waals surface area contributed by atoms with Crippen molar-refractivity contribution in [2.24, 2.45) is 7.05 Å². The summed E-state index contributed by atoms with van der Waals surface area (Å²) in [6.45, 7) is 0.279. The van der Waals surface area contributed by atoms with Crippen molar-refractivity contribution in [3.8, 4) is 5.75 Å². The summed E-state index contributed by atoms with van der Waals surface area (Å²) in [6.07, 6.45) is -0.537. The van der Waals surface area contributed by atoms with Crippen LogP contribution < -0.4 is 4.74 Å². The van der Waals surface area contributed by atoms with E-state index in [1.807, 2.05) is 66.2 Å². The summed E-state index contributed by atoms with van der Waals surface area (Å²) in [4.78, 5) is 4.58. The minimum absolute atomic E-state index is 0.279. The lowest BCUT2D eigenvalue weighted by atomic mass is 10.3. The molecule has 0 radical (unpaired) electrons. The van der Waals surface area contributed by atoms with E-state index < -0.39 is 6.10 Å². The van der Waals surface area contributed by atoms with Crippen LogP contribution in [0, 0.1) is 0 Å². The predicted octanol–water partition coefficient (Wildman–Crippen LogP) is 3.11. The lowest BCUT2D eigenvalue weighted by Gasteiger charge is -2.11. The second kappa shape index (κ2) is 6.85. The first-order valence-electron chi connectivity index (χ1n) is 7.14. The van der Waals surface area contributed by atoms with Gasteiger partial charge in [-0.25, -0.2) is 4.98 Å². The summed E-state index contributed by atoms with van der Waals surface area (Å²) in [5.41, 5.74) is 2.07. The number of thioether (sulfide) groups is 1. The predicted molar refractivity (Wildman–Crippen MR) is 89.4 cm³/mol. The fourth-order valence-electron chi connectivity index (χ4n) is 2.18. The van der Waals surface area contributed by atoms with E-state index >= 15 is 0 Å². The normalized spacial score (nSPS) is 12.5. The molecule has 3 aromatic rings. The van der Waals surface area contributed by atoms with Gasteiger partial charge in [-0.05, 0) is 24.3 Å². The number of aliphatic hydroxyl groups excluding tert-OH is 1. The van der Waals surface area contributed by atoms with E-state index in [0.29, 0.717) is 5.75 Å². The van der Waals surface area contributed by atoms with Crippen LogP contribution in [0.2, 0.25) is 0 Å². The maximum absolute atomic E-state index is 10.1. The average Bonchev–Trinajstić information content (AvgIpc) is 2.88. The molecule has 2 aromatic carbocycles. The number of aryl methyl sites for hydroxylation is 1. The van der Waals surface area contributed by atoms with Gasteiger partial charge in [-0.2, -0.15) is 0 Å². The van der Waals surface area contributed by atoms with E-state index in [0.717, 1.165) is 21.9 Å². The standard InChI is InChI=1S/C17H18N2O2S/c1-19-16-10-6-5-9-15(16)18-17(19)22-12-13(20)11-21-14-7-3-2-4-8-14/h2-10,13,20H,11-12H2,1H3/t13-/m1/s1. The number of rotatable bonds is 6. The molecule has 4 nitrogen and oxygen atoms in total. The largest absolute Gasteiger partial charge is 0.491 e. The van der Waals surface area contributed by atoms with Crippen molar-refractivity contribution >= 4 is 22.8 Å². The van der Waals surface area contributed by atoms with Crippen molar-refractivity contribution in [3.63, 3.8) is 0 Å². The zero-order chi connectivity index (χ0) is 15.4. The molecule has 0 aliphatic heterocycles. The van der Waals surface area contributed by atoms with Gasteiger partial charge in [0, 0.05) is 12.8 Å². The van der Waals surface area contributed by atoms with Crippen LogP contribution in [-0.2, 0) is 7.05 Å². The highest BCUT2D eigenvalue weighted by atomic mass is 32.2. The topological polar surface area (TPSA) is 47.3 Å². The molecule has 1 heterocycles. The molecule has 0 amide bonds. The average molecular weight is 314 g/mol. The van der Waals surface area contributed by atoms with E-state index in [-0.39, 0.29) is 6.61 Å². The second-order valence-electron chi connectivity index (χ2n) is 5.03. The van der Waals surface area contributed by atoms with Crippen molar-refractivity contribution in [1.82, 2.24) is 9.55 Å². The third kappa shape index (κ3) is 3.43. The van der Waals surface area contributed by atoms with Crippen LogP contribution >= 0.6 is 11.8 Å². The van der Waals surface area contributed by atoms with Gasteiger partial charge in [-0.3, -0.25) is 0 Å². The van der Waals surface area contributed by atoms with Crippen LogP contribution in [0.15, 0.2) is 59.8 Å². The molecule has 114 valence electrons. The zero-order valence-corrected chi connectivity index (χ0v) is 13.2. The monoisotopic (exact) mass is 314 g/mol. The molecule has 0 saturated carbocycles.